The van der Waals surface area contributed by atoms with E-state index in [2.05, 4.69) is 176 Å². The summed E-state index contributed by atoms with van der Waals surface area (Å²) in [5.74, 6) is 0. The maximum absolute atomic E-state index is 5.06. The van der Waals surface area contributed by atoms with Gasteiger partial charge >= 0.3 is 0 Å². The highest BCUT2D eigenvalue weighted by Crippen LogP contribution is 2.48. The number of rotatable bonds is 4. The lowest BCUT2D eigenvalue weighted by Crippen LogP contribution is -1.94. The van der Waals surface area contributed by atoms with Crippen LogP contribution < -0.4 is 0 Å². The quantitative estimate of drug-likeness (QED) is 0.148. The number of fused-ring (bicyclic) bond motifs is 5. The van der Waals surface area contributed by atoms with Crippen molar-refractivity contribution < 1.29 is 0 Å². The highest BCUT2D eigenvalue weighted by Gasteiger charge is 2.21. The van der Waals surface area contributed by atoms with Crippen molar-refractivity contribution in [3.63, 3.8) is 0 Å². The standard InChI is InChI=1S/C45H29N/c1-3-14-30(15-4-1)33-26-34(31-16-5-2-6-17-31)28-35(27-33)43-38-21-9-10-22-39(38)44(37-24-13-19-32-18-7-8-20-36(32)37)45-40-23-11-12-25-42(40)46-29-41(43)45/h1-29H. The highest BCUT2D eigenvalue weighted by molar-refractivity contribution is 6.29. The molecular formula is C45H29N. The smallest absolute Gasteiger partial charge is 0.0708 e. The number of nitrogens with zero attached hydrogens (tertiary/aromatic N) is 1. The van der Waals surface area contributed by atoms with Crippen LogP contribution in [0.4, 0.5) is 0 Å². The van der Waals surface area contributed by atoms with Crippen molar-refractivity contribution in [1.29, 1.82) is 0 Å². The minimum atomic E-state index is 1.00. The van der Waals surface area contributed by atoms with Gasteiger partial charge in [-0.05, 0) is 90.3 Å². The van der Waals surface area contributed by atoms with Crippen molar-refractivity contribution in [2.75, 3.05) is 0 Å². The second kappa shape index (κ2) is 10.8. The fourth-order valence-electron chi connectivity index (χ4n) is 7.20. The summed E-state index contributed by atoms with van der Waals surface area (Å²) in [6.45, 7) is 0. The average Bonchev–Trinajstić information content (AvgIpc) is 3.14. The van der Waals surface area contributed by atoms with Crippen molar-refractivity contribution in [3.05, 3.63) is 176 Å². The minimum Gasteiger partial charge on any atom is -0.256 e. The molecule has 0 aliphatic rings. The van der Waals surface area contributed by atoms with Gasteiger partial charge in [0.2, 0.25) is 0 Å². The molecule has 0 spiro atoms. The van der Waals surface area contributed by atoms with Crippen molar-refractivity contribution in [2.45, 2.75) is 0 Å². The first-order chi connectivity index (χ1) is 22.8. The third kappa shape index (κ3) is 4.29. The lowest BCUT2D eigenvalue weighted by atomic mass is 9.83. The molecule has 46 heavy (non-hydrogen) atoms. The Kier molecular flexibility index (Phi) is 6.21. The Morgan fingerprint density at radius 1 is 0.326 bits per heavy atom. The van der Waals surface area contributed by atoms with E-state index in [-0.39, 0.29) is 0 Å². The first kappa shape index (κ1) is 26.4. The Labute approximate surface area is 268 Å². The first-order valence-corrected chi connectivity index (χ1v) is 15.8. The molecule has 1 heterocycles. The number of pyridine rings is 1. The molecule has 0 aliphatic carbocycles. The lowest BCUT2D eigenvalue weighted by Gasteiger charge is -2.21. The third-order valence-corrected chi connectivity index (χ3v) is 9.26. The highest BCUT2D eigenvalue weighted by atomic mass is 14.7. The first-order valence-electron chi connectivity index (χ1n) is 15.8. The van der Waals surface area contributed by atoms with Gasteiger partial charge < -0.3 is 0 Å². The van der Waals surface area contributed by atoms with Gasteiger partial charge in [-0.2, -0.15) is 0 Å². The van der Waals surface area contributed by atoms with E-state index in [1.807, 2.05) is 0 Å². The minimum absolute atomic E-state index is 1.00. The fourth-order valence-corrected chi connectivity index (χ4v) is 7.20. The molecule has 0 bridgehead atoms. The Hall–Kier alpha value is -6.05. The van der Waals surface area contributed by atoms with Crippen LogP contribution >= 0.6 is 0 Å². The zero-order valence-corrected chi connectivity index (χ0v) is 25.2. The van der Waals surface area contributed by atoms with Crippen LogP contribution in [0.25, 0.3) is 87.7 Å². The summed E-state index contributed by atoms with van der Waals surface area (Å²) >= 11 is 0. The van der Waals surface area contributed by atoms with Gasteiger partial charge in [0.1, 0.15) is 0 Å². The number of aromatic nitrogens is 1. The van der Waals surface area contributed by atoms with E-state index in [0.717, 1.165) is 16.3 Å². The summed E-state index contributed by atoms with van der Waals surface area (Å²) in [6, 6.07) is 61.3. The molecule has 0 saturated heterocycles. The van der Waals surface area contributed by atoms with Gasteiger partial charge in [0.25, 0.3) is 0 Å². The van der Waals surface area contributed by atoms with Crippen LogP contribution in [-0.2, 0) is 0 Å². The van der Waals surface area contributed by atoms with Crippen molar-refractivity contribution in [3.8, 4) is 44.5 Å². The molecule has 0 atom stereocenters. The SMILES string of the molecule is c1ccc(-c2cc(-c3ccccc3)cc(-c3c4ccccc4c(-c4cccc5ccccc45)c4c3cnc3ccccc34)c2)cc1. The van der Waals surface area contributed by atoms with Gasteiger partial charge in [-0.1, -0.05) is 146 Å². The number of hydrogen-bond donors (Lipinski definition) is 0. The van der Waals surface area contributed by atoms with E-state index in [1.54, 1.807) is 0 Å². The Morgan fingerprint density at radius 2 is 0.848 bits per heavy atom. The van der Waals surface area contributed by atoms with E-state index in [4.69, 9.17) is 4.98 Å². The van der Waals surface area contributed by atoms with E-state index >= 15 is 0 Å². The van der Waals surface area contributed by atoms with Gasteiger partial charge in [-0.3, -0.25) is 4.98 Å². The summed E-state index contributed by atoms with van der Waals surface area (Å²) in [5.41, 5.74) is 10.7. The van der Waals surface area contributed by atoms with Crippen LogP contribution in [0.1, 0.15) is 0 Å². The maximum atomic E-state index is 5.06. The second-order valence-corrected chi connectivity index (χ2v) is 11.9. The summed E-state index contributed by atoms with van der Waals surface area (Å²) in [5, 5.41) is 8.51. The monoisotopic (exact) mass is 583 g/mol. The maximum Gasteiger partial charge on any atom is 0.0708 e. The molecule has 0 N–H and O–H groups in total. The van der Waals surface area contributed by atoms with Crippen LogP contribution in [-0.4, -0.2) is 4.98 Å². The topological polar surface area (TPSA) is 12.9 Å². The predicted molar refractivity (Wildman–Crippen MR) is 196 cm³/mol. The molecule has 1 aromatic heterocycles. The Morgan fingerprint density at radius 3 is 1.54 bits per heavy atom. The molecule has 0 amide bonds. The summed E-state index contributed by atoms with van der Waals surface area (Å²) in [7, 11) is 0. The summed E-state index contributed by atoms with van der Waals surface area (Å²) < 4.78 is 0. The molecule has 0 unspecified atom stereocenters. The molecule has 1 heteroatoms. The summed E-state index contributed by atoms with van der Waals surface area (Å²) in [6.07, 6.45) is 2.10. The van der Waals surface area contributed by atoms with E-state index in [1.165, 1.54) is 71.4 Å². The Bertz CT molecular complexity index is 2500. The molecule has 9 rings (SSSR count). The second-order valence-electron chi connectivity index (χ2n) is 11.9. The van der Waals surface area contributed by atoms with Gasteiger partial charge in [0, 0.05) is 22.4 Å². The molecule has 8 aromatic carbocycles. The molecule has 1 nitrogen and oxygen atoms in total. The predicted octanol–water partition coefficient (Wildman–Crippen LogP) is 12.4. The van der Waals surface area contributed by atoms with Crippen LogP contribution in [0, 0.1) is 0 Å². The molecule has 0 aliphatic heterocycles. The lowest BCUT2D eigenvalue weighted by molar-refractivity contribution is 1.45. The van der Waals surface area contributed by atoms with Gasteiger partial charge in [0.15, 0.2) is 0 Å². The normalized spacial score (nSPS) is 11.5. The molecule has 0 fully saturated rings. The van der Waals surface area contributed by atoms with Crippen molar-refractivity contribution in [1.82, 2.24) is 4.98 Å². The van der Waals surface area contributed by atoms with Gasteiger partial charge in [0.05, 0.1) is 5.52 Å². The van der Waals surface area contributed by atoms with E-state index in [0.29, 0.717) is 0 Å². The number of para-hydroxylation sites is 1. The van der Waals surface area contributed by atoms with Crippen LogP contribution in [0.3, 0.4) is 0 Å². The number of benzene rings is 8. The largest absolute Gasteiger partial charge is 0.256 e. The molecule has 0 saturated carbocycles. The average molecular weight is 584 g/mol. The molecule has 214 valence electrons. The van der Waals surface area contributed by atoms with Crippen molar-refractivity contribution in [2.24, 2.45) is 0 Å². The molecular weight excluding hydrogens is 555 g/mol. The third-order valence-electron chi connectivity index (χ3n) is 9.26. The van der Waals surface area contributed by atoms with Crippen LogP contribution in [0.2, 0.25) is 0 Å². The van der Waals surface area contributed by atoms with E-state index in [9.17, 15) is 0 Å². The van der Waals surface area contributed by atoms with Crippen molar-refractivity contribution >= 4 is 43.2 Å². The van der Waals surface area contributed by atoms with Gasteiger partial charge in [-0.15, -0.1) is 0 Å². The van der Waals surface area contributed by atoms with E-state index < -0.39 is 0 Å². The zero-order valence-electron chi connectivity index (χ0n) is 25.2. The zero-order chi connectivity index (χ0) is 30.5. The molecule has 0 radical (unpaired) electrons. The van der Waals surface area contributed by atoms with Crippen LogP contribution in [0.15, 0.2) is 176 Å². The number of hydrogen-bond acceptors (Lipinski definition) is 1. The Balaban J connectivity index is 1.47. The summed E-state index contributed by atoms with van der Waals surface area (Å²) in [4.78, 5) is 5.06. The van der Waals surface area contributed by atoms with Gasteiger partial charge in [-0.25, -0.2) is 0 Å². The van der Waals surface area contributed by atoms with Crippen LogP contribution in [0.5, 0.6) is 0 Å². The molecule has 9 aromatic rings. The fraction of sp³-hybridized carbons (Fsp3) is 0.